The molecule has 5 heteroatoms. The number of hydrogen-bond donors (Lipinski definition) is 1. The smallest absolute Gasteiger partial charge is 0.106 e. The van der Waals surface area contributed by atoms with Gasteiger partial charge in [0, 0.05) is 29.4 Å². The fourth-order valence-electron chi connectivity index (χ4n) is 1.80. The number of nitrogens with zero attached hydrogens (tertiary/aromatic N) is 2. The van der Waals surface area contributed by atoms with E-state index in [0.29, 0.717) is 12.6 Å². The lowest BCUT2D eigenvalue weighted by molar-refractivity contribution is 0.246. The third-order valence-corrected chi connectivity index (χ3v) is 4.83. The number of nitrogens with two attached hydrogens (primary N) is 1. The Kier molecular flexibility index (Phi) is 4.88. The van der Waals surface area contributed by atoms with Crippen molar-refractivity contribution in [3.8, 4) is 0 Å². The number of likely N-dealkylation sites (N-methyl/N-ethyl adjacent to an activating group) is 1. The molecule has 2 heterocycles. The van der Waals surface area contributed by atoms with Crippen LogP contribution in [0.1, 0.15) is 22.5 Å². The number of rotatable bonds is 6. The first-order valence-electron chi connectivity index (χ1n) is 6.05. The number of aromatic nitrogens is 1. The molecular weight excluding hydrogens is 262 g/mol. The molecule has 1 atom stereocenters. The minimum atomic E-state index is 0.520. The Balaban J connectivity index is 1.88. The van der Waals surface area contributed by atoms with E-state index in [2.05, 4.69) is 46.7 Å². The van der Waals surface area contributed by atoms with Crippen molar-refractivity contribution in [2.45, 2.75) is 32.5 Å². The first-order valence-corrected chi connectivity index (χ1v) is 7.81. The van der Waals surface area contributed by atoms with Gasteiger partial charge in [-0.25, -0.2) is 4.98 Å². The van der Waals surface area contributed by atoms with Crippen LogP contribution in [0, 0.1) is 0 Å². The Morgan fingerprint density at radius 2 is 2.28 bits per heavy atom. The second-order valence-corrected chi connectivity index (χ2v) is 6.46. The van der Waals surface area contributed by atoms with Crippen LogP contribution >= 0.6 is 22.7 Å². The summed E-state index contributed by atoms with van der Waals surface area (Å²) in [5.74, 6) is 0. The van der Waals surface area contributed by atoms with Crippen LogP contribution in [0.5, 0.6) is 0 Å². The maximum atomic E-state index is 5.58. The fraction of sp³-hybridized carbons (Fsp3) is 0.462. The van der Waals surface area contributed by atoms with E-state index >= 15 is 0 Å². The summed E-state index contributed by atoms with van der Waals surface area (Å²) in [7, 11) is 2.15. The highest BCUT2D eigenvalue weighted by atomic mass is 32.1. The number of thiophene rings is 1. The molecule has 2 rings (SSSR count). The number of hydrogen-bond acceptors (Lipinski definition) is 5. The Labute approximate surface area is 116 Å². The molecule has 2 aromatic heterocycles. The zero-order valence-electron chi connectivity index (χ0n) is 10.8. The summed E-state index contributed by atoms with van der Waals surface area (Å²) < 4.78 is 0. The average Bonchev–Trinajstić information content (AvgIpc) is 3.00. The van der Waals surface area contributed by atoms with Crippen molar-refractivity contribution in [2.24, 2.45) is 5.73 Å². The van der Waals surface area contributed by atoms with Gasteiger partial charge in [0.15, 0.2) is 0 Å². The SMILES string of the molecule is CC(Cc1cccs1)N(C)Cc1csc(CN)n1. The summed E-state index contributed by atoms with van der Waals surface area (Å²) in [6, 6.07) is 4.83. The molecule has 0 bridgehead atoms. The van der Waals surface area contributed by atoms with Crippen LogP contribution in [-0.4, -0.2) is 23.0 Å². The zero-order valence-corrected chi connectivity index (χ0v) is 12.4. The molecule has 3 nitrogen and oxygen atoms in total. The van der Waals surface area contributed by atoms with Gasteiger partial charge in [-0.05, 0) is 31.8 Å². The van der Waals surface area contributed by atoms with Gasteiger partial charge in [-0.3, -0.25) is 4.90 Å². The van der Waals surface area contributed by atoms with E-state index in [1.165, 1.54) is 4.88 Å². The van der Waals surface area contributed by atoms with Crippen LogP contribution in [0.3, 0.4) is 0 Å². The zero-order chi connectivity index (χ0) is 13.0. The Morgan fingerprint density at radius 1 is 1.44 bits per heavy atom. The monoisotopic (exact) mass is 281 g/mol. The summed E-state index contributed by atoms with van der Waals surface area (Å²) in [6.45, 7) is 3.69. The van der Waals surface area contributed by atoms with Gasteiger partial charge in [0.2, 0.25) is 0 Å². The van der Waals surface area contributed by atoms with Crippen molar-refractivity contribution >= 4 is 22.7 Å². The van der Waals surface area contributed by atoms with Crippen LogP contribution < -0.4 is 5.73 Å². The normalized spacial score (nSPS) is 13.1. The molecule has 0 saturated carbocycles. The van der Waals surface area contributed by atoms with Gasteiger partial charge in [0.1, 0.15) is 5.01 Å². The van der Waals surface area contributed by atoms with Crippen molar-refractivity contribution < 1.29 is 0 Å². The van der Waals surface area contributed by atoms with Crippen molar-refractivity contribution in [1.82, 2.24) is 9.88 Å². The van der Waals surface area contributed by atoms with Gasteiger partial charge < -0.3 is 5.73 Å². The molecule has 2 N–H and O–H groups in total. The Morgan fingerprint density at radius 3 is 2.89 bits per heavy atom. The van der Waals surface area contributed by atoms with E-state index in [-0.39, 0.29) is 0 Å². The molecule has 0 saturated heterocycles. The molecule has 0 aliphatic rings. The first kappa shape index (κ1) is 13.7. The predicted molar refractivity (Wildman–Crippen MR) is 79.0 cm³/mol. The highest BCUT2D eigenvalue weighted by molar-refractivity contribution is 7.10. The molecule has 18 heavy (non-hydrogen) atoms. The van der Waals surface area contributed by atoms with Gasteiger partial charge in [0.05, 0.1) is 5.69 Å². The van der Waals surface area contributed by atoms with Gasteiger partial charge in [-0.15, -0.1) is 22.7 Å². The van der Waals surface area contributed by atoms with Crippen LogP contribution in [0.4, 0.5) is 0 Å². The maximum Gasteiger partial charge on any atom is 0.106 e. The van der Waals surface area contributed by atoms with Crippen LogP contribution in [-0.2, 0) is 19.5 Å². The third kappa shape index (κ3) is 3.62. The van der Waals surface area contributed by atoms with E-state index in [1.54, 1.807) is 11.3 Å². The molecule has 0 aliphatic heterocycles. The molecule has 2 aromatic rings. The lowest BCUT2D eigenvalue weighted by atomic mass is 10.2. The topological polar surface area (TPSA) is 42.1 Å². The standard InChI is InChI=1S/C13H19N3S2/c1-10(6-12-4-3-5-17-12)16(2)8-11-9-18-13(7-14)15-11/h3-5,9-10H,6-8,14H2,1-2H3. The largest absolute Gasteiger partial charge is 0.325 e. The fourth-order valence-corrected chi connectivity index (χ4v) is 3.29. The molecule has 0 aliphatic carbocycles. The van der Waals surface area contributed by atoms with E-state index in [9.17, 15) is 0 Å². The lowest BCUT2D eigenvalue weighted by Crippen LogP contribution is -2.30. The van der Waals surface area contributed by atoms with Crippen molar-refractivity contribution in [3.05, 3.63) is 38.5 Å². The third-order valence-electron chi connectivity index (χ3n) is 3.01. The minimum Gasteiger partial charge on any atom is -0.325 e. The number of thiazole rings is 1. The second-order valence-electron chi connectivity index (χ2n) is 4.48. The molecule has 0 spiro atoms. The highest BCUT2D eigenvalue weighted by Gasteiger charge is 2.12. The van der Waals surface area contributed by atoms with E-state index < -0.39 is 0 Å². The molecule has 0 radical (unpaired) electrons. The van der Waals surface area contributed by atoms with E-state index in [1.807, 2.05) is 11.3 Å². The van der Waals surface area contributed by atoms with Crippen molar-refractivity contribution in [1.29, 1.82) is 0 Å². The predicted octanol–water partition coefficient (Wildman–Crippen LogP) is 2.73. The van der Waals surface area contributed by atoms with Crippen LogP contribution in [0.25, 0.3) is 0 Å². The van der Waals surface area contributed by atoms with Gasteiger partial charge in [0.25, 0.3) is 0 Å². The highest BCUT2D eigenvalue weighted by Crippen LogP contribution is 2.16. The summed E-state index contributed by atoms with van der Waals surface area (Å²) in [6.07, 6.45) is 1.10. The quantitative estimate of drug-likeness (QED) is 0.885. The maximum absolute atomic E-state index is 5.58. The summed E-state index contributed by atoms with van der Waals surface area (Å²) in [4.78, 5) is 8.29. The second kappa shape index (κ2) is 6.43. The molecule has 98 valence electrons. The Bertz CT molecular complexity index is 464. The Hall–Kier alpha value is -0.750. The molecule has 0 aromatic carbocycles. The van der Waals surface area contributed by atoms with E-state index in [0.717, 1.165) is 23.7 Å². The summed E-state index contributed by atoms with van der Waals surface area (Å²) >= 11 is 3.47. The van der Waals surface area contributed by atoms with Gasteiger partial charge >= 0.3 is 0 Å². The lowest BCUT2D eigenvalue weighted by Gasteiger charge is -2.23. The molecular formula is C13H19N3S2. The van der Waals surface area contributed by atoms with Gasteiger partial charge in [-0.1, -0.05) is 6.07 Å². The molecule has 0 fully saturated rings. The van der Waals surface area contributed by atoms with E-state index in [4.69, 9.17) is 5.73 Å². The molecule has 1 unspecified atom stereocenters. The van der Waals surface area contributed by atoms with Gasteiger partial charge in [-0.2, -0.15) is 0 Å². The minimum absolute atomic E-state index is 0.520. The van der Waals surface area contributed by atoms with Crippen LogP contribution in [0.2, 0.25) is 0 Å². The average molecular weight is 281 g/mol. The van der Waals surface area contributed by atoms with Crippen LogP contribution in [0.15, 0.2) is 22.9 Å². The van der Waals surface area contributed by atoms with Crippen molar-refractivity contribution in [3.63, 3.8) is 0 Å². The molecule has 0 amide bonds. The summed E-state index contributed by atoms with van der Waals surface area (Å²) in [5.41, 5.74) is 6.71. The van der Waals surface area contributed by atoms with Crippen molar-refractivity contribution in [2.75, 3.05) is 7.05 Å². The first-order chi connectivity index (χ1) is 8.69. The summed E-state index contributed by atoms with van der Waals surface area (Å²) in [5, 5.41) is 5.26.